The lowest BCUT2D eigenvalue weighted by Crippen LogP contribution is -1.95. The lowest BCUT2D eigenvalue weighted by atomic mass is 9.96. The van der Waals surface area contributed by atoms with Crippen LogP contribution < -0.4 is 0 Å². The van der Waals surface area contributed by atoms with Crippen molar-refractivity contribution in [3.8, 4) is 6.07 Å². The zero-order valence-electron chi connectivity index (χ0n) is 8.10. The molecule has 0 heterocycles. The largest absolute Gasteiger partial charge is 0.208 e. The Morgan fingerprint density at radius 1 is 1.54 bits per heavy atom. The van der Waals surface area contributed by atoms with Crippen LogP contribution >= 0.6 is 0 Å². The number of halogens is 1. The Morgan fingerprint density at radius 3 is 2.38 bits per heavy atom. The molecule has 70 valence electrons. The van der Waals surface area contributed by atoms with Gasteiger partial charge < -0.3 is 0 Å². The maximum absolute atomic E-state index is 12.5. The van der Waals surface area contributed by atoms with Crippen molar-refractivity contribution in [2.75, 3.05) is 0 Å². The van der Waals surface area contributed by atoms with Gasteiger partial charge in [0.15, 0.2) is 0 Å². The molecule has 2 heteroatoms. The van der Waals surface area contributed by atoms with Crippen molar-refractivity contribution >= 4 is 0 Å². The van der Waals surface area contributed by atoms with Gasteiger partial charge in [-0.05, 0) is 12.0 Å². The van der Waals surface area contributed by atoms with Crippen LogP contribution in [0.5, 0.6) is 0 Å². The quantitative estimate of drug-likeness (QED) is 0.478. The van der Waals surface area contributed by atoms with Crippen molar-refractivity contribution in [2.45, 2.75) is 20.3 Å². The third-order valence-electron chi connectivity index (χ3n) is 1.66. The number of hydrogen-bond acceptors (Lipinski definition) is 1. The first-order valence-electron chi connectivity index (χ1n) is 4.10. The first-order valence-corrected chi connectivity index (χ1v) is 4.10. The predicted octanol–water partition coefficient (Wildman–Crippen LogP) is 3.52. The molecular weight excluding hydrogens is 165 g/mol. The topological polar surface area (TPSA) is 23.8 Å². The molecule has 1 nitrogen and oxygen atoms in total. The summed E-state index contributed by atoms with van der Waals surface area (Å²) in [6.45, 7) is 10.6. The molecule has 0 unspecified atom stereocenters. The zero-order chi connectivity index (χ0) is 10.4. The normalized spacial score (nSPS) is 11.2. The number of hydrogen-bond donors (Lipinski definition) is 0. The molecule has 0 spiro atoms. The molecule has 13 heavy (non-hydrogen) atoms. The van der Waals surface area contributed by atoms with Crippen molar-refractivity contribution in [2.24, 2.45) is 5.92 Å². The average Bonchev–Trinajstić information content (AvgIpc) is 2.02. The molecule has 0 aromatic rings. The minimum absolute atomic E-state index is 0.206. The molecule has 0 rings (SSSR count). The fourth-order valence-corrected chi connectivity index (χ4v) is 0.909. The van der Waals surface area contributed by atoms with Gasteiger partial charge in [0.05, 0.1) is 6.07 Å². The van der Waals surface area contributed by atoms with E-state index < -0.39 is 5.83 Å². The van der Waals surface area contributed by atoms with E-state index in [2.05, 4.69) is 13.2 Å². The summed E-state index contributed by atoms with van der Waals surface area (Å²) in [5.74, 6) is -0.271. The molecule has 0 N–H and O–H groups in total. The Kier molecular flexibility index (Phi) is 4.76. The third kappa shape index (κ3) is 4.97. The van der Waals surface area contributed by atoms with Crippen LogP contribution in [0.1, 0.15) is 20.3 Å². The van der Waals surface area contributed by atoms with E-state index in [1.165, 1.54) is 6.08 Å². The van der Waals surface area contributed by atoms with Crippen molar-refractivity contribution in [1.29, 1.82) is 5.26 Å². The highest BCUT2D eigenvalue weighted by molar-refractivity contribution is 5.28. The Bertz CT molecular complexity index is 279. The van der Waals surface area contributed by atoms with Crippen LogP contribution in [0, 0.1) is 17.2 Å². The number of rotatable bonds is 4. The van der Waals surface area contributed by atoms with Gasteiger partial charge in [-0.15, -0.1) is 0 Å². The zero-order valence-corrected chi connectivity index (χ0v) is 8.10. The number of allylic oxidation sites excluding steroid dienone is 4. The molecule has 0 aromatic heterocycles. The van der Waals surface area contributed by atoms with Gasteiger partial charge in [0.2, 0.25) is 0 Å². The second-order valence-corrected chi connectivity index (χ2v) is 3.21. The smallest absolute Gasteiger partial charge is 0.116 e. The van der Waals surface area contributed by atoms with Crippen LogP contribution in [0.15, 0.2) is 36.2 Å². The molecule has 0 saturated heterocycles. The lowest BCUT2D eigenvalue weighted by Gasteiger charge is -2.09. The van der Waals surface area contributed by atoms with E-state index in [1.54, 1.807) is 0 Å². The van der Waals surface area contributed by atoms with Gasteiger partial charge in [-0.2, -0.15) is 5.26 Å². The molecule has 0 bridgehead atoms. The van der Waals surface area contributed by atoms with Gasteiger partial charge in [-0.1, -0.05) is 32.6 Å². The number of nitrogens with zero attached hydrogens (tertiary/aromatic N) is 1. The molecule has 0 atom stereocenters. The van der Waals surface area contributed by atoms with Crippen LogP contribution in [-0.2, 0) is 0 Å². The Balaban J connectivity index is 4.56. The summed E-state index contributed by atoms with van der Waals surface area (Å²) in [5, 5.41) is 8.51. The summed E-state index contributed by atoms with van der Waals surface area (Å²) in [6.07, 6.45) is 1.80. The molecule has 0 aliphatic rings. The maximum atomic E-state index is 12.5. The second kappa shape index (κ2) is 5.31. The highest BCUT2D eigenvalue weighted by atomic mass is 19.1. The second-order valence-electron chi connectivity index (χ2n) is 3.21. The SMILES string of the molecule is C=C(F)C=C(CC(=C)C#N)C(C)C. The minimum atomic E-state index is -0.477. The van der Waals surface area contributed by atoms with Crippen molar-refractivity contribution < 1.29 is 4.39 Å². The van der Waals surface area contributed by atoms with Gasteiger partial charge in [0.25, 0.3) is 0 Å². The summed E-state index contributed by atoms with van der Waals surface area (Å²) >= 11 is 0. The van der Waals surface area contributed by atoms with E-state index in [0.29, 0.717) is 12.0 Å². The van der Waals surface area contributed by atoms with Crippen molar-refractivity contribution in [1.82, 2.24) is 0 Å². The predicted molar refractivity (Wildman–Crippen MR) is 52.5 cm³/mol. The lowest BCUT2D eigenvalue weighted by molar-refractivity contribution is 0.657. The Labute approximate surface area is 78.9 Å². The molecule has 0 saturated carbocycles. The summed E-state index contributed by atoms with van der Waals surface area (Å²) in [6, 6.07) is 1.94. The van der Waals surface area contributed by atoms with Gasteiger partial charge in [0, 0.05) is 12.0 Å². The molecule has 0 amide bonds. The third-order valence-corrected chi connectivity index (χ3v) is 1.66. The minimum Gasteiger partial charge on any atom is -0.208 e. The molecule has 0 aromatic carbocycles. The van der Waals surface area contributed by atoms with E-state index in [9.17, 15) is 4.39 Å². The highest BCUT2D eigenvalue weighted by Gasteiger charge is 2.05. The maximum Gasteiger partial charge on any atom is 0.116 e. The Morgan fingerprint density at radius 2 is 2.08 bits per heavy atom. The van der Waals surface area contributed by atoms with Crippen LogP contribution in [0.25, 0.3) is 0 Å². The standard InChI is InChI=1S/C11H14FN/c1-8(2)11(6-10(4)12)5-9(3)7-13/h6,8H,3-5H2,1-2H3. The molecule has 0 aliphatic carbocycles. The van der Waals surface area contributed by atoms with Crippen molar-refractivity contribution in [3.63, 3.8) is 0 Å². The van der Waals surface area contributed by atoms with E-state index in [-0.39, 0.29) is 5.92 Å². The summed E-state index contributed by atoms with van der Waals surface area (Å²) in [4.78, 5) is 0. The van der Waals surface area contributed by atoms with Crippen molar-refractivity contribution in [3.05, 3.63) is 36.2 Å². The van der Waals surface area contributed by atoms with Gasteiger partial charge in [-0.3, -0.25) is 0 Å². The van der Waals surface area contributed by atoms with E-state index in [4.69, 9.17) is 5.26 Å². The average molecular weight is 179 g/mol. The van der Waals surface area contributed by atoms with Gasteiger partial charge in [0.1, 0.15) is 5.83 Å². The summed E-state index contributed by atoms with van der Waals surface area (Å²) < 4.78 is 12.5. The molecule has 0 aliphatic heterocycles. The fourth-order valence-electron chi connectivity index (χ4n) is 0.909. The first kappa shape index (κ1) is 11.6. The summed E-state index contributed by atoms with van der Waals surface area (Å²) in [7, 11) is 0. The van der Waals surface area contributed by atoms with Gasteiger partial charge in [-0.25, -0.2) is 4.39 Å². The van der Waals surface area contributed by atoms with Crippen LogP contribution in [0.4, 0.5) is 4.39 Å². The first-order chi connectivity index (χ1) is 5.97. The number of nitriles is 1. The molecular formula is C11H14FN. The summed E-state index contributed by atoms with van der Waals surface area (Å²) in [5.41, 5.74) is 1.29. The van der Waals surface area contributed by atoms with E-state index in [0.717, 1.165) is 5.57 Å². The van der Waals surface area contributed by atoms with Gasteiger partial charge >= 0.3 is 0 Å². The monoisotopic (exact) mass is 179 g/mol. The highest BCUT2D eigenvalue weighted by Crippen LogP contribution is 2.19. The van der Waals surface area contributed by atoms with Crippen LogP contribution in [0.2, 0.25) is 0 Å². The Hall–Kier alpha value is -1.36. The van der Waals surface area contributed by atoms with Crippen LogP contribution in [0.3, 0.4) is 0 Å². The van der Waals surface area contributed by atoms with E-state index in [1.807, 2.05) is 19.9 Å². The van der Waals surface area contributed by atoms with E-state index >= 15 is 0 Å². The molecule has 0 fully saturated rings. The molecule has 0 radical (unpaired) electrons. The van der Waals surface area contributed by atoms with Crippen LogP contribution in [-0.4, -0.2) is 0 Å². The fraction of sp³-hybridized carbons (Fsp3) is 0.364.